The Morgan fingerprint density at radius 1 is 1.00 bits per heavy atom. The fourth-order valence-electron chi connectivity index (χ4n) is 1.50. The van der Waals surface area contributed by atoms with E-state index in [2.05, 4.69) is 10.2 Å². The molecule has 1 aromatic carbocycles. The van der Waals surface area contributed by atoms with Gasteiger partial charge in [-0.05, 0) is 12.1 Å². The van der Waals surface area contributed by atoms with Gasteiger partial charge in [-0.2, -0.15) is 10.2 Å². The molecule has 13 nitrogen and oxygen atoms in total. The highest BCUT2D eigenvalue weighted by atomic mass is 16.6. The first kappa shape index (κ1) is 18.9. The lowest BCUT2D eigenvalue weighted by atomic mass is 10.0. The summed E-state index contributed by atoms with van der Waals surface area (Å²) in [6.45, 7) is 0. The number of rotatable bonds is 7. The standard InChI is InChI=1S/C12H11N7O6/c13-11(22)17-15-4-9(20)6-1-2-7(8(3-6)19(24)25)10(21)5-16-18-12(14)23/h1-5H,(H3,13,17,22)(H3,14,18,23)/b15-4-,16-5-. The van der Waals surface area contributed by atoms with Crippen molar-refractivity contribution in [2.45, 2.75) is 0 Å². The maximum Gasteiger partial charge on any atom is 0.332 e. The van der Waals surface area contributed by atoms with E-state index in [0.29, 0.717) is 12.4 Å². The first-order valence-electron chi connectivity index (χ1n) is 6.26. The summed E-state index contributed by atoms with van der Waals surface area (Å²) in [7, 11) is 0. The van der Waals surface area contributed by atoms with Gasteiger partial charge in [-0.1, -0.05) is 0 Å². The van der Waals surface area contributed by atoms with E-state index in [4.69, 9.17) is 11.5 Å². The Hall–Kier alpha value is -4.16. The number of urea groups is 2. The maximum atomic E-state index is 11.9. The van der Waals surface area contributed by atoms with Crippen LogP contribution in [0.1, 0.15) is 20.7 Å². The average Bonchev–Trinajstić information content (AvgIpc) is 2.53. The van der Waals surface area contributed by atoms with E-state index in [1.807, 2.05) is 0 Å². The highest BCUT2D eigenvalue weighted by molar-refractivity contribution is 6.38. The summed E-state index contributed by atoms with van der Waals surface area (Å²) in [6.07, 6.45) is 1.30. The average molecular weight is 349 g/mol. The third kappa shape index (κ3) is 5.85. The normalized spacial score (nSPS) is 10.6. The SMILES string of the molecule is NC(=O)N/N=C\C(=O)c1ccc(C(=O)/C=N\NC(N)=O)c([N+](=O)[O-])c1. The minimum atomic E-state index is -1.02. The number of Topliss-reactive ketones (excluding diaryl/α,β-unsaturated/α-hetero) is 2. The molecular weight excluding hydrogens is 338 g/mol. The van der Waals surface area contributed by atoms with Crippen LogP contribution in [-0.2, 0) is 0 Å². The first-order chi connectivity index (χ1) is 11.7. The zero-order valence-corrected chi connectivity index (χ0v) is 12.3. The topological polar surface area (TPSA) is 212 Å². The van der Waals surface area contributed by atoms with Crippen LogP contribution in [0.25, 0.3) is 0 Å². The molecule has 25 heavy (non-hydrogen) atoms. The molecule has 0 aliphatic carbocycles. The number of nitrogens with one attached hydrogen (secondary N) is 2. The molecule has 0 spiro atoms. The first-order valence-corrected chi connectivity index (χ1v) is 6.26. The monoisotopic (exact) mass is 349 g/mol. The molecule has 0 aromatic heterocycles. The van der Waals surface area contributed by atoms with Gasteiger partial charge in [-0.15, -0.1) is 0 Å². The van der Waals surface area contributed by atoms with E-state index < -0.39 is 34.2 Å². The number of hydrazone groups is 2. The molecule has 1 rings (SSSR count). The number of nitro benzene ring substituents is 1. The van der Waals surface area contributed by atoms with Gasteiger partial charge in [0.2, 0.25) is 11.6 Å². The lowest BCUT2D eigenvalue weighted by molar-refractivity contribution is -0.385. The molecule has 0 atom stereocenters. The summed E-state index contributed by atoms with van der Waals surface area (Å²) >= 11 is 0. The number of nitro groups is 1. The smallest absolute Gasteiger partial charge is 0.332 e. The Labute approximate surface area is 138 Å². The number of ketones is 2. The van der Waals surface area contributed by atoms with E-state index in [9.17, 15) is 29.3 Å². The van der Waals surface area contributed by atoms with Crippen molar-refractivity contribution < 1.29 is 24.1 Å². The minimum absolute atomic E-state index is 0.162. The van der Waals surface area contributed by atoms with Crippen molar-refractivity contribution >= 4 is 41.7 Å². The van der Waals surface area contributed by atoms with E-state index in [1.54, 1.807) is 10.9 Å². The molecule has 130 valence electrons. The van der Waals surface area contributed by atoms with Crippen molar-refractivity contribution in [3.05, 3.63) is 39.4 Å². The van der Waals surface area contributed by atoms with E-state index in [-0.39, 0.29) is 11.1 Å². The van der Waals surface area contributed by atoms with E-state index in [1.165, 1.54) is 0 Å². The number of hydrogen-bond donors (Lipinski definition) is 4. The lowest BCUT2D eigenvalue weighted by Gasteiger charge is -2.01. The van der Waals surface area contributed by atoms with Crippen LogP contribution >= 0.6 is 0 Å². The molecule has 0 fully saturated rings. The van der Waals surface area contributed by atoms with Crippen molar-refractivity contribution in [1.29, 1.82) is 0 Å². The largest absolute Gasteiger partial charge is 0.350 e. The summed E-state index contributed by atoms with van der Waals surface area (Å²) in [4.78, 5) is 54.7. The molecule has 0 saturated carbocycles. The maximum absolute atomic E-state index is 11.9. The quantitative estimate of drug-likeness (QED) is 0.215. The van der Waals surface area contributed by atoms with Crippen LogP contribution in [0.15, 0.2) is 28.4 Å². The number of nitrogens with two attached hydrogens (primary N) is 2. The van der Waals surface area contributed by atoms with Crippen LogP contribution in [-0.4, -0.2) is 41.0 Å². The van der Waals surface area contributed by atoms with E-state index >= 15 is 0 Å². The molecule has 0 aliphatic heterocycles. The molecule has 0 unspecified atom stereocenters. The van der Waals surface area contributed by atoms with Crippen LogP contribution in [0, 0.1) is 10.1 Å². The number of hydrogen-bond acceptors (Lipinski definition) is 8. The fourth-order valence-corrected chi connectivity index (χ4v) is 1.50. The van der Waals surface area contributed by atoms with Crippen molar-refractivity contribution in [3.63, 3.8) is 0 Å². The van der Waals surface area contributed by atoms with Gasteiger partial charge < -0.3 is 11.5 Å². The summed E-state index contributed by atoms with van der Waals surface area (Å²) in [5, 5.41) is 17.5. The molecule has 13 heteroatoms. The summed E-state index contributed by atoms with van der Waals surface area (Å²) in [5.41, 5.74) is 11.8. The molecule has 0 bridgehead atoms. The van der Waals surface area contributed by atoms with Crippen LogP contribution in [0.3, 0.4) is 0 Å². The molecule has 0 aliphatic rings. The number of primary amides is 2. The fraction of sp³-hybridized carbons (Fsp3) is 0. The van der Waals surface area contributed by atoms with Crippen molar-refractivity contribution in [3.8, 4) is 0 Å². The molecular formula is C12H11N7O6. The van der Waals surface area contributed by atoms with Gasteiger partial charge in [-0.3, -0.25) is 19.7 Å². The van der Waals surface area contributed by atoms with Crippen LogP contribution in [0.2, 0.25) is 0 Å². The number of amides is 4. The zero-order valence-electron chi connectivity index (χ0n) is 12.3. The second kappa shape index (κ2) is 8.47. The Bertz CT molecular complexity index is 801. The third-order valence-corrected chi connectivity index (χ3v) is 2.46. The predicted octanol–water partition coefficient (Wildman–Crippen LogP) is -0.732. The highest BCUT2D eigenvalue weighted by Crippen LogP contribution is 2.20. The van der Waals surface area contributed by atoms with Crippen LogP contribution < -0.4 is 22.3 Å². The number of carbonyl (C=O) groups is 4. The van der Waals surface area contributed by atoms with Gasteiger partial charge in [0.15, 0.2) is 0 Å². The van der Waals surface area contributed by atoms with Crippen molar-refractivity contribution in [2.24, 2.45) is 21.7 Å². The third-order valence-electron chi connectivity index (χ3n) is 2.46. The summed E-state index contributed by atoms with van der Waals surface area (Å²) in [6, 6.07) is 0.984. The van der Waals surface area contributed by atoms with Gasteiger partial charge in [0, 0.05) is 11.6 Å². The van der Waals surface area contributed by atoms with Gasteiger partial charge >= 0.3 is 12.1 Å². The predicted molar refractivity (Wildman–Crippen MR) is 84.2 cm³/mol. The van der Waals surface area contributed by atoms with Crippen molar-refractivity contribution in [1.82, 2.24) is 10.9 Å². The van der Waals surface area contributed by atoms with Gasteiger partial charge in [-0.25, -0.2) is 20.4 Å². The molecule has 1 aromatic rings. The van der Waals surface area contributed by atoms with Crippen LogP contribution in [0.4, 0.5) is 15.3 Å². The van der Waals surface area contributed by atoms with E-state index in [0.717, 1.165) is 18.2 Å². The summed E-state index contributed by atoms with van der Waals surface area (Å²) in [5.74, 6) is -1.68. The number of benzene rings is 1. The minimum Gasteiger partial charge on any atom is -0.350 e. The molecule has 0 heterocycles. The Kier molecular flexibility index (Phi) is 6.40. The Morgan fingerprint density at radius 2 is 1.52 bits per heavy atom. The lowest BCUT2D eigenvalue weighted by Crippen LogP contribution is -2.25. The Balaban J connectivity index is 3.09. The van der Waals surface area contributed by atoms with Crippen molar-refractivity contribution in [2.75, 3.05) is 0 Å². The Morgan fingerprint density at radius 3 is 2.00 bits per heavy atom. The zero-order chi connectivity index (χ0) is 19.0. The van der Waals surface area contributed by atoms with Gasteiger partial charge in [0.25, 0.3) is 5.69 Å². The summed E-state index contributed by atoms with van der Waals surface area (Å²) < 4.78 is 0. The second-order valence-electron chi connectivity index (χ2n) is 4.19. The number of carbonyl (C=O) groups excluding carboxylic acids is 4. The molecule has 6 N–H and O–H groups in total. The highest BCUT2D eigenvalue weighted by Gasteiger charge is 2.21. The number of nitrogens with zero attached hydrogens (tertiary/aromatic N) is 3. The van der Waals surface area contributed by atoms with Gasteiger partial charge in [0.1, 0.15) is 5.56 Å². The molecule has 4 amide bonds. The molecule has 0 saturated heterocycles. The van der Waals surface area contributed by atoms with Crippen LogP contribution in [0.5, 0.6) is 0 Å². The molecule has 0 radical (unpaired) electrons. The second-order valence-corrected chi connectivity index (χ2v) is 4.19. The van der Waals surface area contributed by atoms with Gasteiger partial charge in [0.05, 0.1) is 17.4 Å².